The highest BCUT2D eigenvalue weighted by Crippen LogP contribution is 2.31. The summed E-state index contributed by atoms with van der Waals surface area (Å²) in [6.07, 6.45) is 5.99. The van der Waals surface area contributed by atoms with Crippen LogP contribution in [-0.2, 0) is 0 Å². The van der Waals surface area contributed by atoms with Crippen LogP contribution in [0.3, 0.4) is 0 Å². The number of carbonyl (C=O) groups is 1. The summed E-state index contributed by atoms with van der Waals surface area (Å²) in [7, 11) is 0. The third-order valence-electron chi connectivity index (χ3n) is 5.78. The molecule has 1 fully saturated rings. The number of nitrogens with zero attached hydrogens (tertiary/aromatic N) is 3. The van der Waals surface area contributed by atoms with Gasteiger partial charge < -0.3 is 10.2 Å². The molecule has 158 valence electrons. The van der Waals surface area contributed by atoms with Gasteiger partial charge in [0.25, 0.3) is 5.91 Å². The largest absolute Gasteiger partial charge is 0.354 e. The van der Waals surface area contributed by atoms with E-state index in [1.165, 1.54) is 12.0 Å². The molecule has 0 bridgehead atoms. The van der Waals surface area contributed by atoms with Crippen LogP contribution in [0.5, 0.6) is 0 Å². The van der Waals surface area contributed by atoms with E-state index in [-0.39, 0.29) is 18.3 Å². The van der Waals surface area contributed by atoms with E-state index in [0.717, 1.165) is 48.3 Å². The maximum absolute atomic E-state index is 13.6. The molecule has 1 aliphatic rings. The summed E-state index contributed by atoms with van der Waals surface area (Å²) >= 11 is 0. The minimum Gasteiger partial charge on any atom is -0.354 e. The van der Waals surface area contributed by atoms with Crippen molar-refractivity contribution in [3.63, 3.8) is 0 Å². The molecule has 3 aromatic rings. The lowest BCUT2D eigenvalue weighted by Crippen LogP contribution is -2.43. The molecule has 0 saturated carbocycles. The van der Waals surface area contributed by atoms with Gasteiger partial charge in [-0.1, -0.05) is 24.6 Å². The molecule has 1 aliphatic heterocycles. The predicted molar refractivity (Wildman–Crippen MR) is 125 cm³/mol. The van der Waals surface area contributed by atoms with Crippen molar-refractivity contribution in [2.24, 2.45) is 0 Å². The van der Waals surface area contributed by atoms with Gasteiger partial charge >= 0.3 is 0 Å². The van der Waals surface area contributed by atoms with Crippen LogP contribution in [0.2, 0.25) is 0 Å². The molecule has 1 amide bonds. The van der Waals surface area contributed by atoms with E-state index in [2.05, 4.69) is 41.3 Å². The summed E-state index contributed by atoms with van der Waals surface area (Å²) in [6.45, 7) is 6.99. The second-order valence-corrected chi connectivity index (χ2v) is 7.92. The van der Waals surface area contributed by atoms with Gasteiger partial charge in [-0.25, -0.2) is 9.97 Å². The number of halogens is 1. The van der Waals surface area contributed by atoms with Crippen LogP contribution >= 0.6 is 12.4 Å². The first-order chi connectivity index (χ1) is 14.1. The van der Waals surface area contributed by atoms with E-state index in [4.69, 9.17) is 0 Å². The van der Waals surface area contributed by atoms with Gasteiger partial charge in [-0.3, -0.25) is 4.79 Å². The first-order valence-corrected chi connectivity index (χ1v) is 10.5. The number of carbonyl (C=O) groups excluding carboxylic acids is 1. The normalized spacial score (nSPS) is 16.2. The molecule has 1 aromatic carbocycles. The maximum atomic E-state index is 13.6. The third-order valence-corrected chi connectivity index (χ3v) is 5.78. The van der Waals surface area contributed by atoms with Crippen molar-refractivity contribution in [3.8, 4) is 0 Å². The molecular formula is C24H29ClN4O. The Hall–Kier alpha value is -2.66. The number of likely N-dealkylation sites (tertiary alicyclic amines) is 1. The molecule has 4 rings (SSSR count). The molecule has 0 aliphatic carbocycles. The first kappa shape index (κ1) is 22.0. The number of aryl methyl sites for hydroxylation is 2. The van der Waals surface area contributed by atoms with E-state index < -0.39 is 0 Å². The standard InChI is InChI=1S/C24H28N4O.ClH/c1-4-19-7-5-6-14-28(19)24(29)21-15-25-23-20(13-10-17(3)26-23)22(21)27-18-11-8-16(2)9-12-18;/h8-13,15,19H,4-7,14H2,1-3H3,(H,25,26,27);1H. The maximum Gasteiger partial charge on any atom is 0.257 e. The second-order valence-electron chi connectivity index (χ2n) is 7.92. The molecule has 1 unspecified atom stereocenters. The zero-order chi connectivity index (χ0) is 20.4. The lowest BCUT2D eigenvalue weighted by molar-refractivity contribution is 0.0609. The topological polar surface area (TPSA) is 58.1 Å². The fourth-order valence-electron chi connectivity index (χ4n) is 4.10. The number of anilines is 2. The Labute approximate surface area is 184 Å². The summed E-state index contributed by atoms with van der Waals surface area (Å²) in [5.74, 6) is 0.0566. The minimum atomic E-state index is 0. The van der Waals surface area contributed by atoms with Crippen LogP contribution in [0, 0.1) is 13.8 Å². The summed E-state index contributed by atoms with van der Waals surface area (Å²) in [5, 5.41) is 4.36. The number of rotatable bonds is 4. The van der Waals surface area contributed by atoms with E-state index in [1.54, 1.807) is 6.20 Å². The van der Waals surface area contributed by atoms with Crippen molar-refractivity contribution in [2.45, 2.75) is 52.5 Å². The van der Waals surface area contributed by atoms with Crippen LogP contribution in [0.4, 0.5) is 11.4 Å². The van der Waals surface area contributed by atoms with Gasteiger partial charge in [0.15, 0.2) is 5.65 Å². The van der Waals surface area contributed by atoms with Crippen molar-refractivity contribution >= 4 is 40.7 Å². The molecule has 5 nitrogen and oxygen atoms in total. The highest BCUT2D eigenvalue weighted by atomic mass is 35.5. The number of piperidine rings is 1. The Balaban J connectivity index is 0.00000256. The predicted octanol–water partition coefficient (Wildman–Crippen LogP) is 5.82. The summed E-state index contributed by atoms with van der Waals surface area (Å²) in [4.78, 5) is 24.7. The van der Waals surface area contributed by atoms with Crippen LogP contribution in [0.15, 0.2) is 42.6 Å². The molecule has 2 aromatic heterocycles. The smallest absolute Gasteiger partial charge is 0.257 e. The number of fused-ring (bicyclic) bond motifs is 1. The van der Waals surface area contributed by atoms with Crippen molar-refractivity contribution < 1.29 is 4.79 Å². The molecule has 0 spiro atoms. The Morgan fingerprint density at radius 2 is 1.90 bits per heavy atom. The fraction of sp³-hybridized carbons (Fsp3) is 0.375. The van der Waals surface area contributed by atoms with Crippen LogP contribution in [-0.4, -0.2) is 33.4 Å². The van der Waals surface area contributed by atoms with Gasteiger partial charge in [-0.15, -0.1) is 12.4 Å². The highest BCUT2D eigenvalue weighted by Gasteiger charge is 2.28. The number of pyridine rings is 2. The number of amides is 1. The third kappa shape index (κ3) is 4.41. The SMILES string of the molecule is CCC1CCCCN1C(=O)c1cnc2nc(C)ccc2c1Nc1ccc(C)cc1.Cl. The second kappa shape index (κ2) is 9.43. The Kier molecular flexibility index (Phi) is 6.93. The summed E-state index contributed by atoms with van der Waals surface area (Å²) in [5.41, 5.74) is 5.11. The van der Waals surface area contributed by atoms with E-state index in [9.17, 15) is 4.79 Å². The molecule has 1 N–H and O–H groups in total. The van der Waals surface area contributed by atoms with E-state index in [0.29, 0.717) is 17.3 Å². The molecule has 1 saturated heterocycles. The van der Waals surface area contributed by atoms with E-state index >= 15 is 0 Å². The van der Waals surface area contributed by atoms with Gasteiger partial charge in [-0.2, -0.15) is 0 Å². The number of hydrogen-bond donors (Lipinski definition) is 1. The first-order valence-electron chi connectivity index (χ1n) is 10.5. The molecule has 0 radical (unpaired) electrons. The van der Waals surface area contributed by atoms with Crippen molar-refractivity contribution in [2.75, 3.05) is 11.9 Å². The van der Waals surface area contributed by atoms with E-state index in [1.807, 2.05) is 36.1 Å². The number of aromatic nitrogens is 2. The Morgan fingerprint density at radius 1 is 1.13 bits per heavy atom. The zero-order valence-electron chi connectivity index (χ0n) is 17.8. The molecule has 6 heteroatoms. The molecule has 3 heterocycles. The number of benzene rings is 1. The zero-order valence-corrected chi connectivity index (χ0v) is 18.6. The van der Waals surface area contributed by atoms with Crippen LogP contribution in [0.25, 0.3) is 11.0 Å². The molecular weight excluding hydrogens is 396 g/mol. The summed E-state index contributed by atoms with van der Waals surface area (Å²) < 4.78 is 0. The average Bonchev–Trinajstić information content (AvgIpc) is 2.74. The van der Waals surface area contributed by atoms with Crippen LogP contribution < -0.4 is 5.32 Å². The highest BCUT2D eigenvalue weighted by molar-refractivity contribution is 6.07. The Morgan fingerprint density at radius 3 is 2.63 bits per heavy atom. The monoisotopic (exact) mass is 424 g/mol. The number of hydrogen-bond acceptors (Lipinski definition) is 4. The lowest BCUT2D eigenvalue weighted by atomic mass is 9.98. The number of nitrogens with one attached hydrogen (secondary N) is 1. The van der Waals surface area contributed by atoms with Crippen molar-refractivity contribution in [1.82, 2.24) is 14.9 Å². The minimum absolute atomic E-state index is 0. The van der Waals surface area contributed by atoms with Gasteiger partial charge in [0, 0.05) is 35.6 Å². The van der Waals surface area contributed by atoms with Gasteiger partial charge in [0.2, 0.25) is 0 Å². The van der Waals surface area contributed by atoms with Gasteiger partial charge in [0.05, 0.1) is 11.3 Å². The fourth-order valence-corrected chi connectivity index (χ4v) is 4.10. The van der Waals surface area contributed by atoms with Gasteiger partial charge in [0.1, 0.15) is 0 Å². The molecule has 30 heavy (non-hydrogen) atoms. The molecule has 1 atom stereocenters. The Bertz CT molecular complexity index is 1040. The van der Waals surface area contributed by atoms with Crippen LogP contribution in [0.1, 0.15) is 54.2 Å². The van der Waals surface area contributed by atoms with Crippen molar-refractivity contribution in [3.05, 3.63) is 59.4 Å². The average molecular weight is 425 g/mol. The summed E-state index contributed by atoms with van der Waals surface area (Å²) in [6, 6.07) is 12.5. The quantitative estimate of drug-likeness (QED) is 0.573. The van der Waals surface area contributed by atoms with Gasteiger partial charge in [-0.05, 0) is 63.8 Å². The lowest BCUT2D eigenvalue weighted by Gasteiger charge is -2.35. The van der Waals surface area contributed by atoms with Crippen molar-refractivity contribution in [1.29, 1.82) is 0 Å².